The number of rotatable bonds is 3. The Morgan fingerprint density at radius 3 is 2.82 bits per heavy atom. The quantitative estimate of drug-likeness (QED) is 0.832. The highest BCUT2D eigenvalue weighted by atomic mass is 35.5. The maximum atomic E-state index is 13.3. The molecular formula is C12H16ClF2NO. The van der Waals surface area contributed by atoms with E-state index >= 15 is 0 Å². The molecule has 1 atom stereocenters. The molecule has 1 aliphatic heterocycles. The van der Waals surface area contributed by atoms with Crippen molar-refractivity contribution in [3.05, 3.63) is 29.8 Å². The summed E-state index contributed by atoms with van der Waals surface area (Å²) in [6.45, 7) is 1.45. The van der Waals surface area contributed by atoms with Gasteiger partial charge in [0, 0.05) is 6.04 Å². The van der Waals surface area contributed by atoms with Gasteiger partial charge < -0.3 is 9.64 Å². The van der Waals surface area contributed by atoms with E-state index in [0.717, 1.165) is 25.5 Å². The SMILES string of the molecule is CN1CCC[C@H]1COc1cccc(F)c1F.Cl. The monoisotopic (exact) mass is 263 g/mol. The number of likely N-dealkylation sites (N-methyl/N-ethyl adjacent to an activating group) is 1. The molecule has 0 amide bonds. The topological polar surface area (TPSA) is 12.5 Å². The maximum Gasteiger partial charge on any atom is 0.200 e. The Balaban J connectivity index is 0.00000144. The number of likely N-dealkylation sites (tertiary alicyclic amines) is 1. The summed E-state index contributed by atoms with van der Waals surface area (Å²) in [4.78, 5) is 2.18. The van der Waals surface area contributed by atoms with Gasteiger partial charge in [0.1, 0.15) is 6.61 Å². The number of nitrogens with zero attached hydrogens (tertiary/aromatic N) is 1. The summed E-state index contributed by atoms with van der Waals surface area (Å²) in [7, 11) is 2.02. The summed E-state index contributed by atoms with van der Waals surface area (Å²) < 4.78 is 31.5. The maximum absolute atomic E-state index is 13.3. The number of hydrogen-bond acceptors (Lipinski definition) is 2. The second-order valence-electron chi connectivity index (χ2n) is 4.14. The zero-order valence-corrected chi connectivity index (χ0v) is 10.5. The van der Waals surface area contributed by atoms with Crippen molar-refractivity contribution in [2.75, 3.05) is 20.2 Å². The lowest BCUT2D eigenvalue weighted by atomic mass is 10.2. The van der Waals surface area contributed by atoms with Crippen LogP contribution in [-0.4, -0.2) is 31.1 Å². The first-order chi connectivity index (χ1) is 7.68. The fourth-order valence-corrected chi connectivity index (χ4v) is 1.97. The lowest BCUT2D eigenvalue weighted by Gasteiger charge is -2.19. The van der Waals surface area contributed by atoms with Crippen LogP contribution in [0.25, 0.3) is 0 Å². The van der Waals surface area contributed by atoms with E-state index < -0.39 is 11.6 Å². The van der Waals surface area contributed by atoms with Crippen LogP contribution in [0.2, 0.25) is 0 Å². The lowest BCUT2D eigenvalue weighted by molar-refractivity contribution is 0.191. The third-order valence-corrected chi connectivity index (χ3v) is 3.02. The first-order valence-corrected chi connectivity index (χ1v) is 5.45. The molecule has 1 aliphatic rings. The molecule has 5 heteroatoms. The van der Waals surface area contributed by atoms with E-state index in [9.17, 15) is 8.78 Å². The Kier molecular flexibility index (Phi) is 5.15. The Hall–Kier alpha value is -0.870. The van der Waals surface area contributed by atoms with Crippen molar-refractivity contribution < 1.29 is 13.5 Å². The van der Waals surface area contributed by atoms with E-state index in [4.69, 9.17) is 4.74 Å². The highest BCUT2D eigenvalue weighted by Crippen LogP contribution is 2.21. The van der Waals surface area contributed by atoms with Crippen molar-refractivity contribution in [2.45, 2.75) is 18.9 Å². The van der Waals surface area contributed by atoms with Crippen LogP contribution in [-0.2, 0) is 0 Å². The predicted octanol–water partition coefficient (Wildman–Crippen LogP) is 2.86. The van der Waals surface area contributed by atoms with Crippen molar-refractivity contribution in [2.24, 2.45) is 0 Å². The smallest absolute Gasteiger partial charge is 0.200 e. The van der Waals surface area contributed by atoms with Crippen LogP contribution in [0.15, 0.2) is 18.2 Å². The summed E-state index contributed by atoms with van der Waals surface area (Å²) >= 11 is 0. The highest BCUT2D eigenvalue weighted by Gasteiger charge is 2.22. The summed E-state index contributed by atoms with van der Waals surface area (Å²) in [5.74, 6) is -1.76. The molecule has 0 bridgehead atoms. The molecule has 0 radical (unpaired) electrons. The molecule has 2 rings (SSSR count). The van der Waals surface area contributed by atoms with E-state index in [0.29, 0.717) is 12.6 Å². The van der Waals surface area contributed by atoms with Gasteiger partial charge in [0.15, 0.2) is 11.6 Å². The third kappa shape index (κ3) is 3.30. The van der Waals surface area contributed by atoms with Crippen molar-refractivity contribution >= 4 is 12.4 Å². The molecule has 1 fully saturated rings. The second-order valence-corrected chi connectivity index (χ2v) is 4.14. The van der Waals surface area contributed by atoms with Crippen molar-refractivity contribution in [3.8, 4) is 5.75 Å². The number of halogens is 3. The van der Waals surface area contributed by atoms with Crippen LogP contribution in [0, 0.1) is 11.6 Å². The van der Waals surface area contributed by atoms with Crippen LogP contribution < -0.4 is 4.74 Å². The Morgan fingerprint density at radius 1 is 1.41 bits per heavy atom. The summed E-state index contributed by atoms with van der Waals surface area (Å²) in [5.41, 5.74) is 0. The van der Waals surface area contributed by atoms with Gasteiger partial charge in [0.2, 0.25) is 5.82 Å². The van der Waals surface area contributed by atoms with Crippen LogP contribution in [0.3, 0.4) is 0 Å². The molecule has 0 N–H and O–H groups in total. The summed E-state index contributed by atoms with van der Waals surface area (Å²) in [5, 5.41) is 0. The molecule has 1 heterocycles. The molecule has 2 nitrogen and oxygen atoms in total. The van der Waals surface area contributed by atoms with Gasteiger partial charge in [-0.1, -0.05) is 6.07 Å². The zero-order valence-electron chi connectivity index (χ0n) is 9.66. The molecule has 0 aromatic heterocycles. The van der Waals surface area contributed by atoms with Gasteiger partial charge in [-0.05, 0) is 38.6 Å². The van der Waals surface area contributed by atoms with E-state index in [1.807, 2.05) is 7.05 Å². The molecular weight excluding hydrogens is 248 g/mol. The summed E-state index contributed by atoms with van der Waals surface area (Å²) in [6, 6.07) is 4.30. The van der Waals surface area contributed by atoms with Crippen molar-refractivity contribution in [3.63, 3.8) is 0 Å². The Morgan fingerprint density at radius 2 is 2.18 bits per heavy atom. The summed E-state index contributed by atoms with van der Waals surface area (Å²) in [6.07, 6.45) is 2.18. The lowest BCUT2D eigenvalue weighted by Crippen LogP contribution is -2.30. The van der Waals surface area contributed by atoms with Gasteiger partial charge in [-0.2, -0.15) is 4.39 Å². The van der Waals surface area contributed by atoms with Crippen molar-refractivity contribution in [1.29, 1.82) is 0 Å². The van der Waals surface area contributed by atoms with E-state index in [2.05, 4.69) is 4.90 Å². The average Bonchev–Trinajstić information content (AvgIpc) is 2.67. The van der Waals surface area contributed by atoms with Gasteiger partial charge in [0.05, 0.1) is 0 Å². The molecule has 17 heavy (non-hydrogen) atoms. The minimum absolute atomic E-state index is 0. The Labute approximate surface area is 106 Å². The first kappa shape index (κ1) is 14.2. The van der Waals surface area contributed by atoms with Gasteiger partial charge in [-0.3, -0.25) is 0 Å². The van der Waals surface area contributed by atoms with Crippen LogP contribution >= 0.6 is 12.4 Å². The van der Waals surface area contributed by atoms with E-state index in [1.54, 1.807) is 0 Å². The molecule has 0 aliphatic carbocycles. The first-order valence-electron chi connectivity index (χ1n) is 5.45. The van der Waals surface area contributed by atoms with Gasteiger partial charge in [0.25, 0.3) is 0 Å². The van der Waals surface area contributed by atoms with Crippen LogP contribution in [0.5, 0.6) is 5.75 Å². The van der Waals surface area contributed by atoms with Gasteiger partial charge >= 0.3 is 0 Å². The van der Waals surface area contributed by atoms with Crippen molar-refractivity contribution in [1.82, 2.24) is 4.90 Å². The predicted molar refractivity (Wildman–Crippen MR) is 64.8 cm³/mol. The minimum Gasteiger partial charge on any atom is -0.489 e. The Bertz CT molecular complexity index is 376. The molecule has 1 aromatic carbocycles. The number of ether oxygens (including phenoxy) is 1. The molecule has 0 saturated carbocycles. The third-order valence-electron chi connectivity index (χ3n) is 3.02. The fourth-order valence-electron chi connectivity index (χ4n) is 1.97. The van der Waals surface area contributed by atoms with E-state index in [-0.39, 0.29) is 18.2 Å². The highest BCUT2D eigenvalue weighted by molar-refractivity contribution is 5.85. The largest absolute Gasteiger partial charge is 0.489 e. The molecule has 96 valence electrons. The average molecular weight is 264 g/mol. The molecule has 0 unspecified atom stereocenters. The molecule has 1 aromatic rings. The molecule has 1 saturated heterocycles. The second kappa shape index (κ2) is 6.17. The minimum atomic E-state index is -0.900. The van der Waals surface area contributed by atoms with Gasteiger partial charge in [-0.15, -0.1) is 12.4 Å². The normalized spacial score (nSPS) is 20.1. The number of benzene rings is 1. The fraction of sp³-hybridized carbons (Fsp3) is 0.500. The van der Waals surface area contributed by atoms with Crippen LogP contribution in [0.4, 0.5) is 8.78 Å². The van der Waals surface area contributed by atoms with E-state index in [1.165, 1.54) is 12.1 Å². The van der Waals surface area contributed by atoms with Gasteiger partial charge in [-0.25, -0.2) is 4.39 Å². The zero-order chi connectivity index (χ0) is 11.5. The number of hydrogen-bond donors (Lipinski definition) is 0. The molecule has 0 spiro atoms. The van der Waals surface area contributed by atoms with Crippen LogP contribution in [0.1, 0.15) is 12.8 Å². The standard InChI is InChI=1S/C12H15F2NO.ClH/c1-15-7-3-4-9(15)8-16-11-6-2-5-10(13)12(11)14;/h2,5-6,9H,3-4,7-8H2,1H3;1H/t9-;/m0./s1.